The zero-order chi connectivity index (χ0) is 12.4. The van der Waals surface area contributed by atoms with Crippen molar-refractivity contribution in [2.45, 2.75) is 12.8 Å². The SMILES string of the molecule is O=CN(c1ccn[nH]1)c1ccc(N2CCCC2)o1. The highest BCUT2D eigenvalue weighted by molar-refractivity contribution is 5.82. The highest BCUT2D eigenvalue weighted by atomic mass is 16.4. The van der Waals surface area contributed by atoms with Crippen LogP contribution in [-0.4, -0.2) is 29.7 Å². The summed E-state index contributed by atoms with van der Waals surface area (Å²) in [5.41, 5.74) is 0. The Morgan fingerprint density at radius 2 is 2.17 bits per heavy atom. The van der Waals surface area contributed by atoms with E-state index in [1.54, 1.807) is 18.3 Å². The molecule has 18 heavy (non-hydrogen) atoms. The molecule has 0 atom stereocenters. The fourth-order valence-corrected chi connectivity index (χ4v) is 2.16. The van der Waals surface area contributed by atoms with Gasteiger partial charge in [-0.05, 0) is 12.8 Å². The predicted octanol–water partition coefficient (Wildman–Crippen LogP) is 1.90. The normalized spacial score (nSPS) is 15.0. The van der Waals surface area contributed by atoms with Crippen LogP contribution < -0.4 is 9.80 Å². The van der Waals surface area contributed by atoms with Crippen molar-refractivity contribution in [3.8, 4) is 0 Å². The fraction of sp³-hybridized carbons (Fsp3) is 0.333. The number of amides is 1. The van der Waals surface area contributed by atoms with Crippen LogP contribution in [0.2, 0.25) is 0 Å². The van der Waals surface area contributed by atoms with Gasteiger partial charge in [0, 0.05) is 31.3 Å². The lowest BCUT2D eigenvalue weighted by Gasteiger charge is -2.14. The number of carbonyl (C=O) groups excluding carboxylic acids is 1. The zero-order valence-corrected chi connectivity index (χ0v) is 9.87. The third-order valence-corrected chi connectivity index (χ3v) is 3.08. The second-order valence-corrected chi connectivity index (χ2v) is 4.22. The van der Waals surface area contributed by atoms with E-state index < -0.39 is 0 Å². The maximum atomic E-state index is 11.1. The van der Waals surface area contributed by atoms with Crippen molar-refractivity contribution in [1.82, 2.24) is 10.2 Å². The standard InChI is InChI=1S/C12H14N4O2/c17-9-16(10-5-6-13-14-10)12-4-3-11(18-12)15-7-1-2-8-15/h3-6,9H,1-2,7-8H2,(H,13,14). The van der Waals surface area contributed by atoms with E-state index in [2.05, 4.69) is 15.1 Å². The van der Waals surface area contributed by atoms with Gasteiger partial charge in [-0.25, -0.2) is 4.90 Å². The molecule has 3 rings (SSSR count). The van der Waals surface area contributed by atoms with E-state index in [9.17, 15) is 4.79 Å². The molecule has 1 amide bonds. The molecule has 1 fully saturated rings. The second kappa shape index (κ2) is 4.56. The molecule has 3 heterocycles. The molecule has 2 aromatic rings. The molecule has 1 aliphatic rings. The number of aromatic amines is 1. The van der Waals surface area contributed by atoms with Gasteiger partial charge in [0.2, 0.25) is 12.3 Å². The summed E-state index contributed by atoms with van der Waals surface area (Å²) in [5, 5.41) is 6.56. The van der Waals surface area contributed by atoms with E-state index in [1.807, 2.05) is 6.07 Å². The Labute approximate surface area is 104 Å². The Morgan fingerprint density at radius 3 is 2.83 bits per heavy atom. The van der Waals surface area contributed by atoms with Gasteiger partial charge in [-0.2, -0.15) is 5.10 Å². The molecule has 6 nitrogen and oxygen atoms in total. The molecule has 1 N–H and O–H groups in total. The largest absolute Gasteiger partial charge is 0.424 e. The van der Waals surface area contributed by atoms with Crippen LogP contribution in [0.1, 0.15) is 12.8 Å². The molecule has 0 aliphatic carbocycles. The Kier molecular flexibility index (Phi) is 2.76. The van der Waals surface area contributed by atoms with Gasteiger partial charge in [0.05, 0.1) is 6.20 Å². The van der Waals surface area contributed by atoms with Crippen LogP contribution in [0.4, 0.5) is 17.6 Å². The van der Waals surface area contributed by atoms with Crippen molar-refractivity contribution in [1.29, 1.82) is 0 Å². The van der Waals surface area contributed by atoms with Crippen LogP contribution >= 0.6 is 0 Å². The van der Waals surface area contributed by atoms with E-state index in [1.165, 1.54) is 17.7 Å². The minimum absolute atomic E-state index is 0.496. The molecule has 0 radical (unpaired) electrons. The van der Waals surface area contributed by atoms with Gasteiger partial charge in [0.1, 0.15) is 5.82 Å². The van der Waals surface area contributed by atoms with Crippen molar-refractivity contribution in [2.75, 3.05) is 22.9 Å². The van der Waals surface area contributed by atoms with E-state index in [4.69, 9.17) is 4.42 Å². The molecule has 94 valence electrons. The van der Waals surface area contributed by atoms with E-state index in [0.717, 1.165) is 19.0 Å². The van der Waals surface area contributed by atoms with Gasteiger partial charge in [0.15, 0.2) is 5.88 Å². The topological polar surface area (TPSA) is 65.4 Å². The molecule has 1 aliphatic heterocycles. The fourth-order valence-electron chi connectivity index (χ4n) is 2.16. The van der Waals surface area contributed by atoms with Crippen LogP contribution in [0.15, 0.2) is 28.8 Å². The second-order valence-electron chi connectivity index (χ2n) is 4.22. The number of nitrogens with one attached hydrogen (secondary N) is 1. The maximum Gasteiger partial charge on any atom is 0.222 e. The van der Waals surface area contributed by atoms with Crippen molar-refractivity contribution in [3.05, 3.63) is 24.4 Å². The Balaban J connectivity index is 1.85. The molecular weight excluding hydrogens is 232 g/mol. The molecular formula is C12H14N4O2. The number of aromatic nitrogens is 2. The first-order valence-electron chi connectivity index (χ1n) is 5.97. The number of H-pyrrole nitrogens is 1. The monoisotopic (exact) mass is 246 g/mol. The molecule has 0 aromatic carbocycles. The summed E-state index contributed by atoms with van der Waals surface area (Å²) in [4.78, 5) is 14.7. The Hall–Kier alpha value is -2.24. The molecule has 1 saturated heterocycles. The Bertz CT molecular complexity index is 514. The summed E-state index contributed by atoms with van der Waals surface area (Å²) >= 11 is 0. The summed E-state index contributed by atoms with van der Waals surface area (Å²) in [6.07, 6.45) is 4.68. The first kappa shape index (κ1) is 10.9. The molecule has 0 bridgehead atoms. The molecule has 0 saturated carbocycles. The third kappa shape index (κ3) is 1.85. The van der Waals surface area contributed by atoms with Crippen LogP contribution in [0.25, 0.3) is 0 Å². The highest BCUT2D eigenvalue weighted by Crippen LogP contribution is 2.30. The Morgan fingerprint density at radius 1 is 1.33 bits per heavy atom. The lowest BCUT2D eigenvalue weighted by molar-refractivity contribution is -0.107. The first-order valence-corrected chi connectivity index (χ1v) is 5.97. The lowest BCUT2D eigenvalue weighted by Crippen LogP contribution is -2.17. The summed E-state index contributed by atoms with van der Waals surface area (Å²) in [6.45, 7) is 2.02. The molecule has 0 unspecified atom stereocenters. The lowest BCUT2D eigenvalue weighted by atomic mass is 10.4. The summed E-state index contributed by atoms with van der Waals surface area (Å²) in [5.74, 6) is 1.90. The van der Waals surface area contributed by atoms with Gasteiger partial charge in [0.25, 0.3) is 0 Å². The smallest absolute Gasteiger partial charge is 0.222 e. The average molecular weight is 246 g/mol. The van der Waals surface area contributed by atoms with E-state index in [-0.39, 0.29) is 0 Å². The average Bonchev–Trinajstić information content (AvgIpc) is 3.13. The number of carbonyl (C=O) groups is 1. The number of hydrogen-bond donors (Lipinski definition) is 1. The minimum Gasteiger partial charge on any atom is -0.424 e. The van der Waals surface area contributed by atoms with E-state index >= 15 is 0 Å². The minimum atomic E-state index is 0.496. The number of rotatable bonds is 4. The predicted molar refractivity (Wildman–Crippen MR) is 66.9 cm³/mol. The molecule has 2 aromatic heterocycles. The van der Waals surface area contributed by atoms with Crippen LogP contribution in [0, 0.1) is 0 Å². The zero-order valence-electron chi connectivity index (χ0n) is 9.87. The van der Waals surface area contributed by atoms with Crippen LogP contribution in [0.3, 0.4) is 0 Å². The van der Waals surface area contributed by atoms with Gasteiger partial charge < -0.3 is 9.32 Å². The highest BCUT2D eigenvalue weighted by Gasteiger charge is 2.19. The third-order valence-electron chi connectivity index (χ3n) is 3.08. The number of furan rings is 1. The molecule has 0 spiro atoms. The first-order chi connectivity index (χ1) is 8.88. The van der Waals surface area contributed by atoms with Gasteiger partial charge in [-0.1, -0.05) is 0 Å². The van der Waals surface area contributed by atoms with Crippen molar-refractivity contribution in [3.63, 3.8) is 0 Å². The van der Waals surface area contributed by atoms with Crippen molar-refractivity contribution in [2.24, 2.45) is 0 Å². The summed E-state index contributed by atoms with van der Waals surface area (Å²) in [6, 6.07) is 5.41. The number of hydrogen-bond acceptors (Lipinski definition) is 4. The quantitative estimate of drug-likeness (QED) is 0.837. The summed E-state index contributed by atoms with van der Waals surface area (Å²) < 4.78 is 5.72. The number of anilines is 3. The van der Waals surface area contributed by atoms with Crippen molar-refractivity contribution < 1.29 is 9.21 Å². The summed E-state index contributed by atoms with van der Waals surface area (Å²) in [7, 11) is 0. The maximum absolute atomic E-state index is 11.1. The number of nitrogens with zero attached hydrogens (tertiary/aromatic N) is 3. The van der Waals surface area contributed by atoms with Crippen LogP contribution in [-0.2, 0) is 4.79 Å². The van der Waals surface area contributed by atoms with Crippen molar-refractivity contribution >= 4 is 24.0 Å². The van der Waals surface area contributed by atoms with Gasteiger partial charge in [-0.3, -0.25) is 9.89 Å². The van der Waals surface area contributed by atoms with Gasteiger partial charge >= 0.3 is 0 Å². The van der Waals surface area contributed by atoms with E-state index in [0.29, 0.717) is 18.1 Å². The van der Waals surface area contributed by atoms with Gasteiger partial charge in [-0.15, -0.1) is 0 Å². The molecule has 6 heteroatoms. The van der Waals surface area contributed by atoms with Crippen LogP contribution in [0.5, 0.6) is 0 Å².